The minimum Gasteiger partial charge on any atom is -0.269 e. The number of halogens is 3. The third-order valence-corrected chi connectivity index (χ3v) is 11.1. The summed E-state index contributed by atoms with van der Waals surface area (Å²) in [6.45, 7) is 5.58. The standard InChI is InChI=1S/C18H13ClN2O2S.C17H10Cl2N2O2S/c1-9-7-11-8-14(15(19)20-16(11)24-9)10(2)21-17(22)12-5-3-4-6-13(12)18(21)23;1-8(12-6-9-7-13(18)24-15(9)20-14(12)19)21-16(22)10-4-2-3-5-11(10)17(21)23/h3-8,10H,1-2H3;2-8H,1H3/t10-;8-/m00/s1. The van der Waals surface area contributed by atoms with E-state index in [0.29, 0.717) is 42.9 Å². The van der Waals surface area contributed by atoms with Crippen molar-refractivity contribution in [3.63, 3.8) is 0 Å². The van der Waals surface area contributed by atoms with Crippen LogP contribution < -0.4 is 0 Å². The summed E-state index contributed by atoms with van der Waals surface area (Å²) in [5.74, 6) is -1.22. The second kappa shape index (κ2) is 12.4. The molecule has 2 aliphatic heterocycles. The van der Waals surface area contributed by atoms with Crippen molar-refractivity contribution in [3.05, 3.63) is 126 Å². The molecule has 2 aromatic carbocycles. The molecule has 0 saturated carbocycles. The maximum atomic E-state index is 12.6. The van der Waals surface area contributed by atoms with Gasteiger partial charge in [0.2, 0.25) is 0 Å². The van der Waals surface area contributed by atoms with Crippen LogP contribution in [0.15, 0.2) is 72.8 Å². The Balaban J connectivity index is 0.000000152. The molecular weight excluding hydrogens is 711 g/mol. The summed E-state index contributed by atoms with van der Waals surface area (Å²) in [5, 5.41) is 2.41. The molecule has 0 N–H and O–H groups in total. The topological polar surface area (TPSA) is 101 Å². The van der Waals surface area contributed by atoms with Gasteiger partial charge in [-0.25, -0.2) is 9.97 Å². The predicted octanol–water partition coefficient (Wildman–Crippen LogP) is 9.58. The maximum absolute atomic E-state index is 12.6. The Morgan fingerprint density at radius 3 is 1.38 bits per heavy atom. The Bertz CT molecular complexity index is 2120. The van der Waals surface area contributed by atoms with Crippen molar-refractivity contribution in [1.29, 1.82) is 0 Å². The second-order valence-electron chi connectivity index (χ2n) is 11.3. The lowest BCUT2D eigenvalue weighted by Crippen LogP contribution is -2.32. The molecule has 6 heterocycles. The van der Waals surface area contributed by atoms with Gasteiger partial charge in [-0.05, 0) is 69.3 Å². The largest absolute Gasteiger partial charge is 0.269 e. The highest BCUT2D eigenvalue weighted by Gasteiger charge is 2.40. The predicted molar refractivity (Wildman–Crippen MR) is 190 cm³/mol. The lowest BCUT2D eigenvalue weighted by atomic mass is 10.1. The lowest BCUT2D eigenvalue weighted by molar-refractivity contribution is 0.0579. The minimum absolute atomic E-state index is 0.269. The highest BCUT2D eigenvalue weighted by atomic mass is 35.5. The number of carbonyl (C=O) groups is 4. The monoisotopic (exact) mass is 732 g/mol. The van der Waals surface area contributed by atoms with Gasteiger partial charge in [0.1, 0.15) is 20.0 Å². The molecule has 0 saturated heterocycles. The van der Waals surface area contributed by atoms with E-state index in [4.69, 9.17) is 34.8 Å². The molecule has 4 amide bonds. The van der Waals surface area contributed by atoms with Crippen LogP contribution in [0.2, 0.25) is 14.6 Å². The number of nitrogens with zero attached hydrogens (tertiary/aromatic N) is 4. The molecule has 0 unspecified atom stereocenters. The zero-order valence-corrected chi connectivity index (χ0v) is 29.4. The molecule has 2 atom stereocenters. The van der Waals surface area contributed by atoms with Crippen LogP contribution in [-0.4, -0.2) is 43.4 Å². The van der Waals surface area contributed by atoms with Gasteiger partial charge in [-0.2, -0.15) is 0 Å². The first-order valence-electron chi connectivity index (χ1n) is 14.7. The molecule has 6 aromatic rings. The molecule has 2 aliphatic rings. The first kappa shape index (κ1) is 32.4. The fraction of sp³-hybridized carbons (Fsp3) is 0.143. The van der Waals surface area contributed by atoms with E-state index in [2.05, 4.69) is 9.97 Å². The quantitative estimate of drug-likeness (QED) is 0.132. The van der Waals surface area contributed by atoms with Gasteiger partial charge in [-0.1, -0.05) is 59.1 Å². The van der Waals surface area contributed by atoms with Crippen LogP contribution in [0, 0.1) is 6.92 Å². The van der Waals surface area contributed by atoms with Crippen molar-refractivity contribution < 1.29 is 19.2 Å². The molecule has 0 spiro atoms. The summed E-state index contributed by atoms with van der Waals surface area (Å²) in [6.07, 6.45) is 0. The molecule has 48 heavy (non-hydrogen) atoms. The molecule has 8 nitrogen and oxygen atoms in total. The molecule has 8 rings (SSSR count). The van der Waals surface area contributed by atoms with Gasteiger partial charge in [0.05, 0.1) is 38.7 Å². The number of aromatic nitrogens is 2. The van der Waals surface area contributed by atoms with Crippen LogP contribution in [0.1, 0.15) is 83.4 Å². The Morgan fingerprint density at radius 1 is 0.583 bits per heavy atom. The number of rotatable bonds is 4. The number of imide groups is 2. The van der Waals surface area contributed by atoms with Crippen LogP contribution in [0.3, 0.4) is 0 Å². The summed E-state index contributed by atoms with van der Waals surface area (Å²) < 4.78 is 0.610. The summed E-state index contributed by atoms with van der Waals surface area (Å²) >= 11 is 21.6. The minimum atomic E-state index is -0.527. The summed E-state index contributed by atoms with van der Waals surface area (Å²) in [4.78, 5) is 64.5. The Morgan fingerprint density at radius 2 is 0.958 bits per heavy atom. The van der Waals surface area contributed by atoms with Gasteiger partial charge in [0.25, 0.3) is 23.6 Å². The number of thiophene rings is 2. The van der Waals surface area contributed by atoms with Crippen molar-refractivity contribution in [2.75, 3.05) is 0 Å². The molecule has 13 heteroatoms. The SMILES string of the molecule is C[C@@H](c1cc2cc(Cl)sc2nc1Cl)N1C(=O)c2ccccc2C1=O.Cc1cc2cc([C@H](C)N3C(=O)c4ccccc4C3=O)c(Cl)nc2s1. The third-order valence-electron chi connectivity index (χ3n) is 8.40. The average molecular weight is 734 g/mol. The van der Waals surface area contributed by atoms with Gasteiger partial charge in [0.15, 0.2) is 0 Å². The van der Waals surface area contributed by atoms with Gasteiger partial charge >= 0.3 is 0 Å². The van der Waals surface area contributed by atoms with E-state index in [0.717, 1.165) is 25.3 Å². The Kier molecular flexibility index (Phi) is 8.33. The van der Waals surface area contributed by atoms with Gasteiger partial charge < -0.3 is 0 Å². The van der Waals surface area contributed by atoms with Crippen molar-refractivity contribution in [2.24, 2.45) is 0 Å². The van der Waals surface area contributed by atoms with E-state index in [-0.39, 0.29) is 28.8 Å². The summed E-state index contributed by atoms with van der Waals surface area (Å²) in [7, 11) is 0. The number of aryl methyl sites for hydroxylation is 1. The number of amides is 4. The van der Waals surface area contributed by atoms with Gasteiger partial charge in [-0.3, -0.25) is 29.0 Å². The Labute approximate surface area is 297 Å². The first-order chi connectivity index (χ1) is 22.9. The van der Waals surface area contributed by atoms with Gasteiger partial charge in [0, 0.05) is 26.8 Å². The van der Waals surface area contributed by atoms with Crippen LogP contribution in [0.4, 0.5) is 0 Å². The molecule has 4 aromatic heterocycles. The van der Waals surface area contributed by atoms with E-state index in [1.807, 2.05) is 25.1 Å². The van der Waals surface area contributed by atoms with Crippen LogP contribution >= 0.6 is 57.5 Å². The van der Waals surface area contributed by atoms with Crippen molar-refractivity contribution in [3.8, 4) is 0 Å². The number of hydrogen-bond acceptors (Lipinski definition) is 8. The molecule has 0 fully saturated rings. The molecule has 240 valence electrons. The first-order valence-corrected chi connectivity index (χ1v) is 17.5. The van der Waals surface area contributed by atoms with Crippen molar-refractivity contribution in [2.45, 2.75) is 32.9 Å². The summed E-state index contributed by atoms with van der Waals surface area (Å²) in [5.41, 5.74) is 3.00. The number of benzene rings is 2. The highest BCUT2D eigenvalue weighted by molar-refractivity contribution is 7.22. The van der Waals surface area contributed by atoms with E-state index in [1.54, 1.807) is 79.8 Å². The average Bonchev–Trinajstić information content (AvgIpc) is 3.76. The van der Waals surface area contributed by atoms with E-state index in [1.165, 1.54) is 21.1 Å². The second-order valence-corrected chi connectivity index (χ2v) is 14.9. The number of pyridine rings is 2. The molecule has 0 aliphatic carbocycles. The zero-order valence-electron chi connectivity index (χ0n) is 25.5. The number of carbonyl (C=O) groups excluding carboxylic acids is 4. The van der Waals surface area contributed by atoms with Crippen LogP contribution in [0.25, 0.3) is 20.4 Å². The van der Waals surface area contributed by atoms with Crippen molar-refractivity contribution >= 4 is 102 Å². The number of hydrogen-bond donors (Lipinski definition) is 0. The zero-order chi connectivity index (χ0) is 34.0. The van der Waals surface area contributed by atoms with E-state index >= 15 is 0 Å². The van der Waals surface area contributed by atoms with Crippen LogP contribution in [0.5, 0.6) is 0 Å². The fourth-order valence-corrected chi connectivity index (χ4v) is 8.65. The maximum Gasteiger partial charge on any atom is 0.262 e. The van der Waals surface area contributed by atoms with E-state index in [9.17, 15) is 19.2 Å². The lowest BCUT2D eigenvalue weighted by Gasteiger charge is -2.23. The number of fused-ring (bicyclic) bond motifs is 4. The van der Waals surface area contributed by atoms with E-state index < -0.39 is 12.1 Å². The summed E-state index contributed by atoms with van der Waals surface area (Å²) in [6, 6.07) is 20.2. The fourth-order valence-electron chi connectivity index (χ4n) is 6.01. The molecular formula is C35H23Cl3N4O4S2. The van der Waals surface area contributed by atoms with Gasteiger partial charge in [-0.15, -0.1) is 22.7 Å². The smallest absolute Gasteiger partial charge is 0.262 e. The highest BCUT2D eigenvalue weighted by Crippen LogP contribution is 2.38. The molecule has 0 bridgehead atoms. The Hall–Kier alpha value is -4.19. The molecule has 0 radical (unpaired) electrons. The normalized spacial score (nSPS) is 15.2. The van der Waals surface area contributed by atoms with Crippen molar-refractivity contribution in [1.82, 2.24) is 19.8 Å². The van der Waals surface area contributed by atoms with Crippen LogP contribution in [-0.2, 0) is 0 Å². The third kappa shape index (κ3) is 5.38.